The number of carbonyl (C=O) groups is 1. The summed E-state index contributed by atoms with van der Waals surface area (Å²) in [6.45, 7) is 1.63. The van der Waals surface area contributed by atoms with Crippen LogP contribution >= 0.6 is 23.2 Å². The summed E-state index contributed by atoms with van der Waals surface area (Å²) >= 11 is 12.1. The van der Waals surface area contributed by atoms with Crippen LogP contribution in [0.1, 0.15) is 33.5 Å². The highest BCUT2D eigenvalue weighted by atomic mass is 35.5. The van der Waals surface area contributed by atoms with Crippen LogP contribution in [-0.4, -0.2) is 32.8 Å². The summed E-state index contributed by atoms with van der Waals surface area (Å²) < 4.78 is 40.7. The van der Waals surface area contributed by atoms with E-state index in [2.05, 4.69) is 20.7 Å². The van der Waals surface area contributed by atoms with Gasteiger partial charge in [-0.1, -0.05) is 23.2 Å². The van der Waals surface area contributed by atoms with Crippen LogP contribution in [0.2, 0.25) is 10.0 Å². The lowest BCUT2D eigenvalue weighted by Gasteiger charge is -2.20. The number of amides is 1. The van der Waals surface area contributed by atoms with Crippen LogP contribution < -0.4 is 10.6 Å². The van der Waals surface area contributed by atoms with E-state index in [1.165, 1.54) is 37.5 Å². The lowest BCUT2D eigenvalue weighted by atomic mass is 10.1. The smallest absolute Gasteiger partial charge is 0.368 e. The van der Waals surface area contributed by atoms with Crippen molar-refractivity contribution in [2.75, 3.05) is 12.4 Å². The number of alkyl halides is 3. The van der Waals surface area contributed by atoms with Crippen molar-refractivity contribution in [1.82, 2.24) is 20.1 Å². The Morgan fingerprint density at radius 3 is 2.58 bits per heavy atom. The molecule has 0 aliphatic heterocycles. The van der Waals surface area contributed by atoms with Gasteiger partial charge in [-0.3, -0.25) is 4.79 Å². The number of halogens is 5. The molecule has 0 bridgehead atoms. The van der Waals surface area contributed by atoms with Gasteiger partial charge in [0.25, 0.3) is 5.91 Å². The van der Waals surface area contributed by atoms with Crippen LogP contribution in [0.5, 0.6) is 0 Å². The summed E-state index contributed by atoms with van der Waals surface area (Å²) in [7, 11) is 1.41. The lowest BCUT2D eigenvalue weighted by Crippen LogP contribution is -2.22. The molecule has 1 amide bonds. The second-order valence-corrected chi connectivity index (χ2v) is 7.29. The minimum atomic E-state index is -4.77. The summed E-state index contributed by atoms with van der Waals surface area (Å²) in [4.78, 5) is 16.2. The van der Waals surface area contributed by atoms with Crippen molar-refractivity contribution in [3.8, 4) is 5.82 Å². The van der Waals surface area contributed by atoms with E-state index >= 15 is 0 Å². The molecule has 2 heterocycles. The standard InChI is InChI=1S/C19H16Cl2F3N5O2/c1-9-6-10(20)7-11(17(30)25-2)15(9)27-18(31)13-8-14(19(22,23)24)28-29(13)16-12(21)4-3-5-26-16/h3-8,18,27,31H,1-2H3,(H,25,30). The zero-order valence-electron chi connectivity index (χ0n) is 16.1. The predicted molar refractivity (Wildman–Crippen MR) is 110 cm³/mol. The predicted octanol–water partition coefficient (Wildman–Crippen LogP) is 4.36. The minimum Gasteiger partial charge on any atom is -0.368 e. The number of aromatic nitrogens is 3. The number of nitrogens with zero attached hydrogens (tertiary/aromatic N) is 3. The number of benzene rings is 1. The number of carbonyl (C=O) groups excluding carboxylic acids is 1. The Morgan fingerprint density at radius 1 is 1.26 bits per heavy atom. The maximum absolute atomic E-state index is 13.3. The second kappa shape index (κ2) is 8.74. The van der Waals surface area contributed by atoms with E-state index in [4.69, 9.17) is 23.2 Å². The zero-order chi connectivity index (χ0) is 22.9. The number of hydrogen-bond acceptors (Lipinski definition) is 5. The van der Waals surface area contributed by atoms with Crippen LogP contribution in [0.3, 0.4) is 0 Å². The maximum atomic E-state index is 13.3. The first-order chi connectivity index (χ1) is 14.5. The van der Waals surface area contributed by atoms with Crippen LogP contribution in [0.15, 0.2) is 36.5 Å². The molecule has 0 saturated carbocycles. The van der Waals surface area contributed by atoms with Gasteiger partial charge in [-0.2, -0.15) is 18.3 Å². The van der Waals surface area contributed by atoms with Crippen molar-refractivity contribution in [3.63, 3.8) is 0 Å². The van der Waals surface area contributed by atoms with Crippen molar-refractivity contribution in [2.45, 2.75) is 19.3 Å². The molecule has 1 aromatic carbocycles. The molecule has 3 rings (SSSR count). The van der Waals surface area contributed by atoms with Crippen LogP contribution in [0, 0.1) is 6.92 Å². The summed E-state index contributed by atoms with van der Waals surface area (Å²) in [5.74, 6) is -0.604. The monoisotopic (exact) mass is 473 g/mol. The van der Waals surface area contributed by atoms with Crippen molar-refractivity contribution in [3.05, 3.63) is 69.1 Å². The number of rotatable bonds is 5. The molecule has 0 aliphatic rings. The largest absolute Gasteiger partial charge is 0.435 e. The molecule has 0 saturated heterocycles. The van der Waals surface area contributed by atoms with E-state index < -0.39 is 24.0 Å². The number of aliphatic hydroxyl groups excluding tert-OH is 1. The first-order valence-electron chi connectivity index (χ1n) is 8.77. The van der Waals surface area contributed by atoms with Crippen LogP contribution in [-0.2, 0) is 6.18 Å². The highest BCUT2D eigenvalue weighted by Crippen LogP contribution is 2.34. The molecule has 1 unspecified atom stereocenters. The molecule has 164 valence electrons. The van der Waals surface area contributed by atoms with Crippen molar-refractivity contribution in [1.29, 1.82) is 0 Å². The van der Waals surface area contributed by atoms with Gasteiger partial charge >= 0.3 is 6.18 Å². The first kappa shape index (κ1) is 22.9. The van der Waals surface area contributed by atoms with Gasteiger partial charge in [-0.15, -0.1) is 0 Å². The average Bonchev–Trinajstić information content (AvgIpc) is 3.15. The fraction of sp³-hybridized carbons (Fsp3) is 0.211. The summed E-state index contributed by atoms with van der Waals surface area (Å²) in [6.07, 6.45) is -5.15. The number of aryl methyl sites for hydroxylation is 1. The second-order valence-electron chi connectivity index (χ2n) is 6.44. The third kappa shape index (κ3) is 4.76. The zero-order valence-corrected chi connectivity index (χ0v) is 17.6. The summed E-state index contributed by atoms with van der Waals surface area (Å²) in [6, 6.07) is 6.51. The number of aliphatic hydroxyl groups is 1. The molecule has 7 nitrogen and oxygen atoms in total. The van der Waals surface area contributed by atoms with Gasteiger partial charge in [0, 0.05) is 18.3 Å². The topological polar surface area (TPSA) is 92.1 Å². The third-order valence-corrected chi connectivity index (χ3v) is 4.81. The van der Waals surface area contributed by atoms with Crippen molar-refractivity contribution in [2.24, 2.45) is 0 Å². The highest BCUT2D eigenvalue weighted by Gasteiger charge is 2.36. The average molecular weight is 474 g/mol. The van der Waals surface area contributed by atoms with Crippen LogP contribution in [0.4, 0.5) is 18.9 Å². The van der Waals surface area contributed by atoms with E-state index in [-0.39, 0.29) is 32.8 Å². The normalized spacial score (nSPS) is 12.5. The Balaban J connectivity index is 2.11. The fourth-order valence-electron chi connectivity index (χ4n) is 2.89. The summed E-state index contributed by atoms with van der Waals surface area (Å²) in [5.41, 5.74) is -0.758. The van der Waals surface area contributed by atoms with Gasteiger partial charge in [-0.05, 0) is 42.8 Å². The van der Waals surface area contributed by atoms with Crippen molar-refractivity contribution < 1.29 is 23.1 Å². The molecule has 0 spiro atoms. The quantitative estimate of drug-likeness (QED) is 0.478. The van der Waals surface area contributed by atoms with Gasteiger partial charge in [0.15, 0.2) is 17.7 Å². The third-order valence-electron chi connectivity index (χ3n) is 4.30. The Morgan fingerprint density at radius 2 is 1.97 bits per heavy atom. The van der Waals surface area contributed by atoms with Gasteiger partial charge < -0.3 is 15.7 Å². The number of pyridine rings is 1. The molecule has 3 N–H and O–H groups in total. The van der Waals surface area contributed by atoms with Gasteiger partial charge in [0.05, 0.1) is 22.0 Å². The maximum Gasteiger partial charge on any atom is 0.435 e. The Bertz CT molecular complexity index is 1130. The molecular weight excluding hydrogens is 458 g/mol. The lowest BCUT2D eigenvalue weighted by molar-refractivity contribution is -0.141. The van der Waals surface area contributed by atoms with E-state index in [1.807, 2.05) is 0 Å². The molecule has 1 atom stereocenters. The molecule has 0 fully saturated rings. The Labute approximate surface area is 184 Å². The Hall–Kier alpha value is -2.82. The molecule has 3 aromatic rings. The minimum absolute atomic E-state index is 0.0292. The van der Waals surface area contributed by atoms with Gasteiger partial charge in [0.1, 0.15) is 0 Å². The molecule has 2 aromatic heterocycles. The molecule has 0 radical (unpaired) electrons. The first-order valence-corrected chi connectivity index (χ1v) is 9.53. The number of anilines is 1. The van der Waals surface area contributed by atoms with Crippen LogP contribution in [0.25, 0.3) is 5.82 Å². The molecule has 31 heavy (non-hydrogen) atoms. The number of hydrogen-bond donors (Lipinski definition) is 3. The van der Waals surface area contributed by atoms with E-state index in [0.29, 0.717) is 11.6 Å². The van der Waals surface area contributed by atoms with Gasteiger partial charge in [-0.25, -0.2) is 9.67 Å². The molecule has 0 aliphatic carbocycles. The van der Waals surface area contributed by atoms with Crippen molar-refractivity contribution >= 4 is 34.8 Å². The SMILES string of the molecule is CNC(=O)c1cc(Cl)cc(C)c1NC(O)c1cc(C(F)(F)F)nn1-c1ncccc1Cl. The molecular formula is C19H16Cl2F3N5O2. The Kier molecular flexibility index (Phi) is 6.44. The fourth-order valence-corrected chi connectivity index (χ4v) is 3.37. The van der Waals surface area contributed by atoms with E-state index in [1.54, 1.807) is 6.92 Å². The molecule has 12 heteroatoms. The van der Waals surface area contributed by atoms with E-state index in [9.17, 15) is 23.1 Å². The highest BCUT2D eigenvalue weighted by molar-refractivity contribution is 6.32. The van der Waals surface area contributed by atoms with Gasteiger partial charge in [0.2, 0.25) is 0 Å². The number of nitrogens with one attached hydrogen (secondary N) is 2. The summed E-state index contributed by atoms with van der Waals surface area (Å²) in [5, 5.41) is 19.7. The van der Waals surface area contributed by atoms with E-state index in [0.717, 1.165) is 4.68 Å².